The van der Waals surface area contributed by atoms with Gasteiger partial charge in [0, 0.05) is 50.3 Å². The number of hydrogen-bond acceptors (Lipinski definition) is 10. The number of H-pyrrole nitrogens is 1. The molecular weight excluding hydrogens is 612 g/mol. The van der Waals surface area contributed by atoms with Crippen LogP contribution in [0.4, 0.5) is 23.1 Å². The number of halogens is 1. The van der Waals surface area contributed by atoms with Crippen molar-refractivity contribution in [1.82, 2.24) is 30.0 Å². The Kier molecular flexibility index (Phi) is 8.75. The van der Waals surface area contributed by atoms with Crippen molar-refractivity contribution < 1.29 is 13.2 Å². The predicted molar refractivity (Wildman–Crippen MR) is 178 cm³/mol. The van der Waals surface area contributed by atoms with Gasteiger partial charge in [0.25, 0.3) is 0 Å². The van der Waals surface area contributed by atoms with E-state index in [1.807, 2.05) is 19.9 Å². The second kappa shape index (κ2) is 12.6. The number of likely N-dealkylation sites (N-methyl/N-ethyl adjacent to an activating group) is 1. The zero-order valence-corrected chi connectivity index (χ0v) is 27.8. The molecule has 0 bridgehead atoms. The molecule has 1 fully saturated rings. The number of anilines is 4. The Morgan fingerprint density at radius 1 is 1.04 bits per heavy atom. The first-order valence-electron chi connectivity index (χ1n) is 15.2. The van der Waals surface area contributed by atoms with Gasteiger partial charge in [0.05, 0.1) is 45.2 Å². The first kappa shape index (κ1) is 31.3. The average molecular weight is 651 g/mol. The molecule has 0 atom stereocenters. The summed E-state index contributed by atoms with van der Waals surface area (Å²) in [5.74, 6) is 1.24. The highest BCUT2D eigenvalue weighted by molar-refractivity contribution is 7.92. The summed E-state index contributed by atoms with van der Waals surface area (Å²) in [5.41, 5.74) is 6.64. The predicted octanol–water partition coefficient (Wildman–Crippen LogP) is 5.63. The summed E-state index contributed by atoms with van der Waals surface area (Å²) >= 11 is 6.48. The molecule has 0 unspecified atom stereocenters. The number of sulfone groups is 1. The second-order valence-electron chi connectivity index (χ2n) is 12.2. The molecule has 3 heterocycles. The van der Waals surface area contributed by atoms with Gasteiger partial charge in [-0.15, -0.1) is 0 Å². The summed E-state index contributed by atoms with van der Waals surface area (Å²) in [6.45, 7) is 12.3. The number of para-hydroxylation sites is 1. The molecule has 13 heteroatoms. The fraction of sp³-hybridized carbons (Fsp3) is 0.406. The molecule has 4 aromatic rings. The van der Waals surface area contributed by atoms with E-state index in [1.165, 1.54) is 17.3 Å². The van der Waals surface area contributed by atoms with Gasteiger partial charge in [0.2, 0.25) is 5.95 Å². The van der Waals surface area contributed by atoms with Crippen LogP contribution in [0, 0.1) is 0 Å². The Labute approximate surface area is 269 Å². The molecule has 1 aliphatic carbocycles. The van der Waals surface area contributed by atoms with Crippen LogP contribution in [0.25, 0.3) is 11.3 Å². The van der Waals surface area contributed by atoms with Gasteiger partial charge in [-0.25, -0.2) is 13.4 Å². The Balaban J connectivity index is 1.29. The second-order valence-corrected chi connectivity index (χ2v) is 15.1. The molecule has 0 saturated carbocycles. The minimum Gasteiger partial charge on any atom is -0.489 e. The molecule has 0 amide bonds. The molecule has 11 nitrogen and oxygen atoms in total. The van der Waals surface area contributed by atoms with Crippen molar-refractivity contribution in [3.8, 4) is 17.0 Å². The van der Waals surface area contributed by atoms with E-state index < -0.39 is 15.1 Å². The van der Waals surface area contributed by atoms with Crippen LogP contribution in [-0.4, -0.2) is 83.0 Å². The van der Waals surface area contributed by atoms with Gasteiger partial charge in [0.15, 0.2) is 15.7 Å². The molecule has 45 heavy (non-hydrogen) atoms. The van der Waals surface area contributed by atoms with Gasteiger partial charge in [-0.3, -0.25) is 10.00 Å². The first-order chi connectivity index (χ1) is 21.5. The van der Waals surface area contributed by atoms with Crippen molar-refractivity contribution in [3.63, 3.8) is 0 Å². The molecule has 1 saturated heterocycles. The van der Waals surface area contributed by atoms with E-state index in [1.54, 1.807) is 38.1 Å². The monoisotopic (exact) mass is 650 g/mol. The molecule has 2 aromatic carbocycles. The maximum Gasteiger partial charge on any atom is 0.229 e. The number of fused-ring (bicyclic) bond motifs is 3. The topological polar surface area (TPSA) is 128 Å². The fourth-order valence-corrected chi connectivity index (χ4v) is 6.98. The Morgan fingerprint density at radius 2 is 1.80 bits per heavy atom. The first-order valence-corrected chi connectivity index (χ1v) is 17.1. The molecule has 2 aliphatic rings. The third kappa shape index (κ3) is 6.51. The van der Waals surface area contributed by atoms with E-state index in [0.717, 1.165) is 56.1 Å². The number of nitrogens with zero attached hydrogens (tertiary/aromatic N) is 5. The number of hydrogen-bond donors (Lipinski definition) is 3. The fourth-order valence-electron chi connectivity index (χ4n) is 5.64. The summed E-state index contributed by atoms with van der Waals surface area (Å²) in [4.78, 5) is 14.0. The SMILES string of the molecule is CC(C)Oc1cc2c(cc1Nc1ncc(Cl)c(Nc3ccccc3S(=O)(=O)C(C)C)n1)-c1[nH]nc(CN3CCN(C)CC3)c1C2. The molecule has 238 valence electrons. The Bertz CT molecular complexity index is 1820. The average Bonchev–Trinajstić information content (AvgIpc) is 3.55. The van der Waals surface area contributed by atoms with E-state index in [4.69, 9.17) is 21.4 Å². The summed E-state index contributed by atoms with van der Waals surface area (Å²) < 4.78 is 32.3. The number of aromatic amines is 1. The summed E-state index contributed by atoms with van der Waals surface area (Å²) in [5, 5.41) is 14.1. The lowest BCUT2D eigenvalue weighted by Crippen LogP contribution is -2.44. The molecule has 3 N–H and O–H groups in total. The lowest BCUT2D eigenvalue weighted by molar-refractivity contribution is 0.146. The summed E-state index contributed by atoms with van der Waals surface area (Å²) in [6.07, 6.45) is 2.20. The highest BCUT2D eigenvalue weighted by Gasteiger charge is 2.28. The molecule has 0 spiro atoms. The lowest BCUT2D eigenvalue weighted by Gasteiger charge is -2.31. The highest BCUT2D eigenvalue weighted by atomic mass is 35.5. The zero-order valence-electron chi connectivity index (χ0n) is 26.2. The Morgan fingerprint density at radius 3 is 2.53 bits per heavy atom. The molecule has 2 aromatic heterocycles. The van der Waals surface area contributed by atoms with Crippen LogP contribution in [0.5, 0.6) is 5.75 Å². The van der Waals surface area contributed by atoms with Crippen LogP contribution < -0.4 is 15.4 Å². The quantitative estimate of drug-likeness (QED) is 0.175. The van der Waals surface area contributed by atoms with Crippen LogP contribution in [0.3, 0.4) is 0 Å². The molecule has 6 rings (SSSR count). The molecule has 0 radical (unpaired) electrons. The third-order valence-corrected chi connectivity index (χ3v) is 10.7. The van der Waals surface area contributed by atoms with Crippen LogP contribution in [-0.2, 0) is 22.8 Å². The van der Waals surface area contributed by atoms with Crippen molar-refractivity contribution in [1.29, 1.82) is 0 Å². The van der Waals surface area contributed by atoms with E-state index in [-0.39, 0.29) is 27.8 Å². The number of piperazine rings is 1. The normalized spacial score (nSPS) is 15.4. The number of benzene rings is 2. The van der Waals surface area contributed by atoms with Crippen molar-refractivity contribution in [2.45, 2.75) is 56.9 Å². The zero-order chi connectivity index (χ0) is 31.9. The van der Waals surface area contributed by atoms with E-state index in [0.29, 0.717) is 17.1 Å². The number of nitrogens with one attached hydrogen (secondary N) is 3. The van der Waals surface area contributed by atoms with Crippen molar-refractivity contribution in [3.05, 3.63) is 64.4 Å². The van der Waals surface area contributed by atoms with E-state index >= 15 is 0 Å². The van der Waals surface area contributed by atoms with Crippen molar-refractivity contribution in [2.24, 2.45) is 0 Å². The summed E-state index contributed by atoms with van der Waals surface area (Å²) in [6, 6.07) is 10.8. The summed E-state index contributed by atoms with van der Waals surface area (Å²) in [7, 11) is -1.39. The van der Waals surface area contributed by atoms with Gasteiger partial charge in [0.1, 0.15) is 10.8 Å². The standard InChI is InChI=1S/C32H39ClN8O3S/c1-19(2)44-28-15-21-14-23-27(18-41-12-10-40(5)11-13-41)38-39-30(23)22(21)16-26(28)36-32-34-17-24(33)31(37-32)35-25-8-6-7-9-29(25)45(42,43)20(3)4/h6-9,15-17,19-20H,10-14,18H2,1-5H3,(H,38,39)(H2,34,35,36,37). The number of ether oxygens (including phenoxy) is 1. The van der Waals surface area contributed by atoms with Gasteiger partial charge in [-0.2, -0.15) is 10.1 Å². The molecule has 1 aliphatic heterocycles. The number of aromatic nitrogens is 4. The van der Waals surface area contributed by atoms with Crippen molar-refractivity contribution in [2.75, 3.05) is 43.9 Å². The van der Waals surface area contributed by atoms with Crippen LogP contribution in [0.2, 0.25) is 5.02 Å². The van der Waals surface area contributed by atoms with Crippen LogP contribution in [0.15, 0.2) is 47.5 Å². The van der Waals surface area contributed by atoms with Gasteiger partial charge >= 0.3 is 0 Å². The molecular formula is C32H39ClN8O3S. The smallest absolute Gasteiger partial charge is 0.229 e. The van der Waals surface area contributed by atoms with Crippen molar-refractivity contribution >= 4 is 44.6 Å². The van der Waals surface area contributed by atoms with Crippen LogP contribution >= 0.6 is 11.6 Å². The Hall–Kier alpha value is -3.71. The third-order valence-electron chi connectivity index (χ3n) is 8.18. The van der Waals surface area contributed by atoms with E-state index in [9.17, 15) is 8.42 Å². The van der Waals surface area contributed by atoms with Crippen LogP contribution in [0.1, 0.15) is 44.5 Å². The minimum absolute atomic E-state index is 0.0555. The van der Waals surface area contributed by atoms with E-state index in [2.05, 4.69) is 48.6 Å². The maximum absolute atomic E-state index is 13.0. The van der Waals surface area contributed by atoms with Gasteiger partial charge in [-0.05, 0) is 64.6 Å². The van der Waals surface area contributed by atoms with Gasteiger partial charge < -0.3 is 20.3 Å². The lowest BCUT2D eigenvalue weighted by atomic mass is 10.1. The number of rotatable bonds is 10. The van der Waals surface area contributed by atoms with Gasteiger partial charge in [-0.1, -0.05) is 23.7 Å². The maximum atomic E-state index is 13.0. The largest absolute Gasteiger partial charge is 0.489 e. The minimum atomic E-state index is -3.55. The highest BCUT2D eigenvalue weighted by Crippen LogP contribution is 2.43.